The maximum atomic E-state index is 11.7. The monoisotopic (exact) mass is 304 g/mol. The second-order valence-corrected chi connectivity index (χ2v) is 5.41. The Morgan fingerprint density at radius 2 is 2.00 bits per heavy atom. The first-order chi connectivity index (χ1) is 9.19. The normalized spacial score (nSPS) is 21.2. The van der Waals surface area contributed by atoms with Crippen molar-refractivity contribution in [3.63, 3.8) is 0 Å². The Morgan fingerprint density at radius 1 is 1.25 bits per heavy atom. The van der Waals surface area contributed by atoms with Crippen LogP contribution in [0.2, 0.25) is 0 Å². The molecule has 1 unspecified atom stereocenters. The molecule has 7 heteroatoms. The third-order valence-electron chi connectivity index (χ3n) is 3.58. The van der Waals surface area contributed by atoms with E-state index >= 15 is 0 Å². The number of nitrogens with zero attached hydrogens (tertiary/aromatic N) is 1. The number of urea groups is 1. The summed E-state index contributed by atoms with van der Waals surface area (Å²) in [6, 6.07) is 0.0592. The Kier molecular flexibility index (Phi) is 7.09. The number of nitrogens with one attached hydrogen (secondary N) is 3. The maximum absolute atomic E-state index is 11.7. The summed E-state index contributed by atoms with van der Waals surface area (Å²) in [6.07, 6.45) is 3.42. The summed E-state index contributed by atoms with van der Waals surface area (Å²) in [5.41, 5.74) is 0. The minimum Gasteiger partial charge on any atom is -0.350 e. The van der Waals surface area contributed by atoms with Crippen LogP contribution in [0, 0.1) is 5.92 Å². The lowest BCUT2D eigenvalue weighted by atomic mass is 10.2. The number of likely N-dealkylation sites (tertiary alicyclic amines) is 1. The van der Waals surface area contributed by atoms with Crippen LogP contribution >= 0.6 is 12.4 Å². The van der Waals surface area contributed by atoms with Gasteiger partial charge in [0.25, 0.3) is 0 Å². The van der Waals surface area contributed by atoms with Crippen molar-refractivity contribution in [2.45, 2.75) is 32.2 Å². The van der Waals surface area contributed by atoms with Crippen molar-refractivity contribution in [1.82, 2.24) is 20.9 Å². The predicted octanol–water partition coefficient (Wildman–Crippen LogP) is 0.328. The number of amides is 3. The van der Waals surface area contributed by atoms with Crippen LogP contribution in [0.25, 0.3) is 0 Å². The molecule has 1 atom stereocenters. The summed E-state index contributed by atoms with van der Waals surface area (Å²) < 4.78 is 0. The Balaban J connectivity index is 0.00000200. The molecule has 1 saturated carbocycles. The van der Waals surface area contributed by atoms with Gasteiger partial charge >= 0.3 is 6.03 Å². The summed E-state index contributed by atoms with van der Waals surface area (Å²) in [7, 11) is 0. The van der Waals surface area contributed by atoms with Gasteiger partial charge in [0, 0.05) is 25.7 Å². The first kappa shape index (κ1) is 17.0. The fourth-order valence-electron chi connectivity index (χ4n) is 2.32. The van der Waals surface area contributed by atoms with E-state index in [-0.39, 0.29) is 30.4 Å². The highest BCUT2D eigenvalue weighted by Crippen LogP contribution is 2.27. The van der Waals surface area contributed by atoms with Gasteiger partial charge in [0.1, 0.15) is 0 Å². The van der Waals surface area contributed by atoms with Crippen molar-refractivity contribution in [2.75, 3.05) is 32.7 Å². The molecule has 2 fully saturated rings. The van der Waals surface area contributed by atoms with Crippen LogP contribution in [0.4, 0.5) is 4.79 Å². The molecule has 2 rings (SSSR count). The number of carbonyl (C=O) groups excluding carboxylic acids is 2. The van der Waals surface area contributed by atoms with Crippen LogP contribution in [0.15, 0.2) is 0 Å². The second-order valence-electron chi connectivity index (χ2n) is 5.41. The summed E-state index contributed by atoms with van der Waals surface area (Å²) >= 11 is 0. The highest BCUT2D eigenvalue weighted by atomic mass is 35.5. The Bertz CT molecular complexity index is 336. The van der Waals surface area contributed by atoms with Crippen LogP contribution in [0.1, 0.15) is 26.2 Å². The molecule has 0 aromatic heterocycles. The van der Waals surface area contributed by atoms with Crippen LogP contribution < -0.4 is 16.0 Å². The van der Waals surface area contributed by atoms with Gasteiger partial charge < -0.3 is 20.9 Å². The molecule has 1 heterocycles. The van der Waals surface area contributed by atoms with Gasteiger partial charge in [0.05, 0.1) is 6.54 Å². The standard InChI is InChI=1S/C13H24N4O2.ClH/c1-2-15-13(19)17-6-5-11(9-17)16-12(18)8-14-7-10-3-4-10;/h10-11,14H,2-9H2,1H3,(H,15,19)(H,16,18);1H. The van der Waals surface area contributed by atoms with Crippen molar-refractivity contribution < 1.29 is 9.59 Å². The highest BCUT2D eigenvalue weighted by molar-refractivity contribution is 5.85. The molecule has 1 aliphatic carbocycles. The van der Waals surface area contributed by atoms with Crippen molar-refractivity contribution in [2.24, 2.45) is 5.92 Å². The molecule has 0 bridgehead atoms. The number of carbonyl (C=O) groups is 2. The van der Waals surface area contributed by atoms with E-state index in [4.69, 9.17) is 0 Å². The first-order valence-electron chi connectivity index (χ1n) is 7.22. The van der Waals surface area contributed by atoms with Crippen molar-refractivity contribution in [3.8, 4) is 0 Å². The Labute approximate surface area is 126 Å². The quantitative estimate of drug-likeness (QED) is 0.662. The molecular weight excluding hydrogens is 280 g/mol. The molecule has 116 valence electrons. The van der Waals surface area contributed by atoms with E-state index in [0.717, 1.165) is 18.9 Å². The fourth-order valence-corrected chi connectivity index (χ4v) is 2.32. The molecule has 2 aliphatic rings. The van der Waals surface area contributed by atoms with Crippen LogP contribution in [0.5, 0.6) is 0 Å². The summed E-state index contributed by atoms with van der Waals surface area (Å²) in [5, 5.41) is 8.92. The molecule has 3 N–H and O–H groups in total. The van der Waals surface area contributed by atoms with Gasteiger partial charge in [0.2, 0.25) is 5.91 Å². The van der Waals surface area contributed by atoms with Crippen LogP contribution in [0.3, 0.4) is 0 Å². The zero-order chi connectivity index (χ0) is 13.7. The molecule has 3 amide bonds. The zero-order valence-electron chi connectivity index (χ0n) is 12.0. The molecule has 0 aromatic rings. The van der Waals surface area contributed by atoms with E-state index in [2.05, 4.69) is 16.0 Å². The van der Waals surface area contributed by atoms with E-state index in [1.165, 1.54) is 12.8 Å². The van der Waals surface area contributed by atoms with Gasteiger partial charge in [-0.25, -0.2) is 4.79 Å². The lowest BCUT2D eigenvalue weighted by Gasteiger charge is -2.17. The van der Waals surface area contributed by atoms with E-state index < -0.39 is 0 Å². The van der Waals surface area contributed by atoms with Gasteiger partial charge in [-0.05, 0) is 38.6 Å². The van der Waals surface area contributed by atoms with E-state index in [0.29, 0.717) is 26.2 Å². The lowest BCUT2D eigenvalue weighted by Crippen LogP contribution is -2.44. The summed E-state index contributed by atoms with van der Waals surface area (Å²) in [6.45, 7) is 5.19. The summed E-state index contributed by atoms with van der Waals surface area (Å²) in [5.74, 6) is 0.816. The Hall–Kier alpha value is -1.01. The number of hydrogen-bond donors (Lipinski definition) is 3. The van der Waals surface area contributed by atoms with Gasteiger partial charge in [-0.1, -0.05) is 0 Å². The van der Waals surface area contributed by atoms with Gasteiger partial charge in [-0.2, -0.15) is 0 Å². The van der Waals surface area contributed by atoms with Crippen molar-refractivity contribution in [1.29, 1.82) is 0 Å². The van der Waals surface area contributed by atoms with Gasteiger partial charge in [-0.3, -0.25) is 4.79 Å². The molecule has 6 nitrogen and oxygen atoms in total. The maximum Gasteiger partial charge on any atom is 0.317 e. The lowest BCUT2D eigenvalue weighted by molar-refractivity contribution is -0.120. The SMILES string of the molecule is CCNC(=O)N1CCC(NC(=O)CNCC2CC2)C1.Cl. The minimum atomic E-state index is -0.0360. The minimum absolute atomic E-state index is 0. The average molecular weight is 305 g/mol. The molecule has 1 saturated heterocycles. The topological polar surface area (TPSA) is 73.5 Å². The van der Waals surface area contributed by atoms with E-state index in [1.54, 1.807) is 4.90 Å². The third-order valence-corrected chi connectivity index (χ3v) is 3.58. The molecule has 1 aliphatic heterocycles. The summed E-state index contributed by atoms with van der Waals surface area (Å²) in [4.78, 5) is 25.1. The van der Waals surface area contributed by atoms with Gasteiger partial charge in [-0.15, -0.1) is 12.4 Å². The van der Waals surface area contributed by atoms with E-state index in [9.17, 15) is 9.59 Å². The van der Waals surface area contributed by atoms with E-state index in [1.807, 2.05) is 6.92 Å². The number of rotatable bonds is 6. The molecular formula is C13H25ClN4O2. The number of halogens is 1. The molecule has 0 aromatic carbocycles. The molecule has 20 heavy (non-hydrogen) atoms. The van der Waals surface area contributed by atoms with Crippen molar-refractivity contribution >= 4 is 24.3 Å². The molecule has 0 radical (unpaired) electrons. The largest absolute Gasteiger partial charge is 0.350 e. The van der Waals surface area contributed by atoms with Crippen molar-refractivity contribution in [3.05, 3.63) is 0 Å². The zero-order valence-corrected chi connectivity index (χ0v) is 12.8. The average Bonchev–Trinajstić information content (AvgIpc) is 3.07. The number of hydrogen-bond acceptors (Lipinski definition) is 3. The first-order valence-corrected chi connectivity index (χ1v) is 7.22. The highest BCUT2D eigenvalue weighted by Gasteiger charge is 2.27. The van der Waals surface area contributed by atoms with Crippen LogP contribution in [-0.4, -0.2) is 55.6 Å². The smallest absolute Gasteiger partial charge is 0.317 e. The van der Waals surface area contributed by atoms with Crippen LogP contribution in [-0.2, 0) is 4.79 Å². The molecule has 0 spiro atoms. The predicted molar refractivity (Wildman–Crippen MR) is 80.0 cm³/mol. The third kappa shape index (κ3) is 5.54. The fraction of sp³-hybridized carbons (Fsp3) is 0.846. The Morgan fingerprint density at radius 3 is 2.65 bits per heavy atom. The van der Waals surface area contributed by atoms with Gasteiger partial charge in [0.15, 0.2) is 0 Å². The second kappa shape index (κ2) is 8.32.